The summed E-state index contributed by atoms with van der Waals surface area (Å²) in [7, 11) is 0. The first-order valence-electron chi connectivity index (χ1n) is 7.70. The molecular weight excluding hydrogens is 326 g/mol. The van der Waals surface area contributed by atoms with Gasteiger partial charge in [-0.15, -0.1) is 0 Å². The molecule has 1 aliphatic heterocycles. The molecule has 0 radical (unpaired) electrons. The van der Waals surface area contributed by atoms with Gasteiger partial charge in [-0.25, -0.2) is 0 Å². The summed E-state index contributed by atoms with van der Waals surface area (Å²) in [5, 5.41) is 3.23. The van der Waals surface area contributed by atoms with Crippen molar-refractivity contribution in [3.63, 3.8) is 0 Å². The smallest absolute Gasteiger partial charge is 0.253 e. The summed E-state index contributed by atoms with van der Waals surface area (Å²) in [5.41, 5.74) is 2.97. The summed E-state index contributed by atoms with van der Waals surface area (Å²) < 4.78 is 23.8. The number of benzene rings is 2. The largest absolute Gasteiger partial charge is 0.755 e. The number of anilines is 1. The summed E-state index contributed by atoms with van der Waals surface area (Å²) in [6.07, 6.45) is 0. The summed E-state index contributed by atoms with van der Waals surface area (Å²) >= 11 is -2.35. The van der Waals surface area contributed by atoms with Gasteiger partial charge in [-0.1, -0.05) is 24.3 Å². The molecule has 1 atom stereocenters. The number of hydrogen-bond donors (Lipinski definition) is 2. The van der Waals surface area contributed by atoms with E-state index in [1.165, 1.54) is 0 Å². The van der Waals surface area contributed by atoms with E-state index in [0.717, 1.165) is 37.3 Å². The Bertz CT molecular complexity index is 743. The van der Waals surface area contributed by atoms with Crippen LogP contribution in [0.2, 0.25) is 0 Å². The Morgan fingerprint density at radius 2 is 1.79 bits per heavy atom. The Balaban J connectivity index is 1.76. The molecule has 1 amide bonds. The molecule has 0 aromatic heterocycles. The standard InChI is InChI=1S/C17H19N3O3S/c21-17(20-10-8-18-9-11-20)14-6-4-13(5-7-14)15-2-1-3-16(12-15)19-24(22)23/h1-7,12,18-19H,8-11H2,(H,22,23)/p-1. The molecule has 0 aliphatic carbocycles. The summed E-state index contributed by atoms with van der Waals surface area (Å²) in [4.78, 5) is 14.3. The first kappa shape index (κ1) is 16.6. The Morgan fingerprint density at radius 1 is 1.08 bits per heavy atom. The highest BCUT2D eigenvalue weighted by molar-refractivity contribution is 7.80. The Labute approximate surface area is 143 Å². The summed E-state index contributed by atoms with van der Waals surface area (Å²) in [6.45, 7) is 3.09. The highest BCUT2D eigenvalue weighted by Gasteiger charge is 2.17. The number of rotatable bonds is 4. The van der Waals surface area contributed by atoms with Crippen molar-refractivity contribution in [2.75, 3.05) is 30.9 Å². The van der Waals surface area contributed by atoms with Crippen molar-refractivity contribution in [1.29, 1.82) is 0 Å². The van der Waals surface area contributed by atoms with Crippen LogP contribution in [0.3, 0.4) is 0 Å². The van der Waals surface area contributed by atoms with Crippen LogP contribution in [-0.4, -0.2) is 45.7 Å². The van der Waals surface area contributed by atoms with E-state index in [9.17, 15) is 13.6 Å². The van der Waals surface area contributed by atoms with Crippen molar-refractivity contribution in [3.05, 3.63) is 54.1 Å². The van der Waals surface area contributed by atoms with Crippen LogP contribution in [0.25, 0.3) is 11.1 Å². The molecule has 1 aliphatic rings. The van der Waals surface area contributed by atoms with E-state index in [1.807, 2.05) is 35.2 Å². The van der Waals surface area contributed by atoms with Crippen molar-refractivity contribution in [3.8, 4) is 11.1 Å². The minimum absolute atomic E-state index is 0.0419. The van der Waals surface area contributed by atoms with E-state index in [4.69, 9.17) is 0 Å². The molecule has 1 saturated heterocycles. The fourth-order valence-corrected chi connectivity index (χ4v) is 3.03. The number of nitrogens with zero attached hydrogens (tertiary/aromatic N) is 1. The van der Waals surface area contributed by atoms with Gasteiger partial charge in [-0.05, 0) is 35.4 Å². The maximum Gasteiger partial charge on any atom is 0.253 e. The molecule has 7 heteroatoms. The average Bonchev–Trinajstić information content (AvgIpc) is 2.62. The van der Waals surface area contributed by atoms with E-state index >= 15 is 0 Å². The third-order valence-electron chi connectivity index (χ3n) is 3.93. The lowest BCUT2D eigenvalue weighted by atomic mass is 10.0. The van der Waals surface area contributed by atoms with Crippen LogP contribution in [0.15, 0.2) is 48.5 Å². The Morgan fingerprint density at radius 3 is 2.46 bits per heavy atom. The highest BCUT2D eigenvalue weighted by Crippen LogP contribution is 2.23. The van der Waals surface area contributed by atoms with E-state index in [-0.39, 0.29) is 5.91 Å². The summed E-state index contributed by atoms with van der Waals surface area (Å²) in [5.74, 6) is 0.0419. The van der Waals surface area contributed by atoms with Gasteiger partial charge in [-0.2, -0.15) is 0 Å². The van der Waals surface area contributed by atoms with Crippen LogP contribution in [0.1, 0.15) is 10.4 Å². The maximum absolute atomic E-state index is 12.4. The van der Waals surface area contributed by atoms with Gasteiger partial charge in [0.15, 0.2) is 0 Å². The van der Waals surface area contributed by atoms with Gasteiger partial charge in [-0.3, -0.25) is 9.00 Å². The number of hydrogen-bond acceptors (Lipinski definition) is 4. The SMILES string of the molecule is O=C(c1ccc(-c2cccc(NS(=O)[O-])c2)cc1)N1CCNCC1. The third kappa shape index (κ3) is 4.00. The van der Waals surface area contributed by atoms with Crippen LogP contribution >= 0.6 is 0 Å². The molecule has 1 heterocycles. The number of amides is 1. The number of carbonyl (C=O) groups is 1. The second-order valence-corrected chi connectivity index (χ2v) is 6.21. The van der Waals surface area contributed by atoms with Crippen molar-refractivity contribution in [1.82, 2.24) is 10.2 Å². The number of piperazine rings is 1. The van der Waals surface area contributed by atoms with Crippen molar-refractivity contribution < 1.29 is 13.6 Å². The summed E-state index contributed by atoms with van der Waals surface area (Å²) in [6, 6.07) is 14.5. The first-order chi connectivity index (χ1) is 11.6. The molecular formula is C17H18N3O3S-. The molecule has 1 fully saturated rings. The van der Waals surface area contributed by atoms with Crippen molar-refractivity contribution >= 4 is 22.9 Å². The van der Waals surface area contributed by atoms with Crippen LogP contribution in [-0.2, 0) is 11.3 Å². The minimum atomic E-state index is -2.35. The van der Waals surface area contributed by atoms with E-state index in [0.29, 0.717) is 11.3 Å². The number of carbonyl (C=O) groups excluding carboxylic acids is 1. The molecule has 126 valence electrons. The topological polar surface area (TPSA) is 84.5 Å². The van der Waals surface area contributed by atoms with Crippen molar-refractivity contribution in [2.24, 2.45) is 0 Å². The quantitative estimate of drug-likeness (QED) is 0.825. The molecule has 3 rings (SSSR count). The van der Waals surface area contributed by atoms with E-state index in [1.54, 1.807) is 18.2 Å². The average molecular weight is 344 g/mol. The Kier molecular flexibility index (Phi) is 5.24. The normalized spacial score (nSPS) is 15.8. The molecule has 1 unspecified atom stereocenters. The molecule has 2 N–H and O–H groups in total. The fourth-order valence-electron chi connectivity index (χ4n) is 2.71. The van der Waals surface area contributed by atoms with Gasteiger partial charge in [0, 0.05) is 48.7 Å². The van der Waals surface area contributed by atoms with Gasteiger partial charge in [0.25, 0.3) is 5.91 Å². The first-order valence-corrected chi connectivity index (χ1v) is 8.77. The maximum atomic E-state index is 12.4. The van der Waals surface area contributed by atoms with Crippen LogP contribution in [0, 0.1) is 0 Å². The van der Waals surface area contributed by atoms with Crippen LogP contribution in [0.5, 0.6) is 0 Å². The zero-order valence-electron chi connectivity index (χ0n) is 13.0. The Hall–Kier alpha value is -2.22. The predicted octanol–water partition coefficient (Wildman–Crippen LogP) is 1.60. The van der Waals surface area contributed by atoms with Gasteiger partial charge in [0.1, 0.15) is 0 Å². The second kappa shape index (κ2) is 7.57. The molecule has 2 aromatic rings. The molecule has 6 nitrogen and oxygen atoms in total. The van der Waals surface area contributed by atoms with Gasteiger partial charge in [0.05, 0.1) is 0 Å². The lowest BCUT2D eigenvalue weighted by Crippen LogP contribution is -2.46. The van der Waals surface area contributed by atoms with Gasteiger partial charge in [0.2, 0.25) is 0 Å². The zero-order valence-corrected chi connectivity index (χ0v) is 13.8. The highest BCUT2D eigenvalue weighted by atomic mass is 32.2. The minimum Gasteiger partial charge on any atom is -0.755 e. The molecule has 0 bridgehead atoms. The lowest BCUT2D eigenvalue weighted by Gasteiger charge is -2.27. The second-order valence-electron chi connectivity index (χ2n) is 5.54. The van der Waals surface area contributed by atoms with E-state index in [2.05, 4.69) is 10.0 Å². The van der Waals surface area contributed by atoms with Crippen LogP contribution in [0.4, 0.5) is 5.69 Å². The molecule has 0 saturated carbocycles. The molecule has 0 spiro atoms. The predicted molar refractivity (Wildman–Crippen MR) is 93.2 cm³/mol. The lowest BCUT2D eigenvalue weighted by molar-refractivity contribution is 0.0736. The number of nitrogens with one attached hydrogen (secondary N) is 2. The van der Waals surface area contributed by atoms with E-state index < -0.39 is 11.3 Å². The monoisotopic (exact) mass is 344 g/mol. The van der Waals surface area contributed by atoms with Gasteiger partial charge < -0.3 is 19.5 Å². The van der Waals surface area contributed by atoms with Crippen LogP contribution < -0.4 is 10.0 Å². The van der Waals surface area contributed by atoms with Crippen molar-refractivity contribution in [2.45, 2.75) is 0 Å². The third-order valence-corrected chi connectivity index (χ3v) is 4.34. The molecule has 2 aromatic carbocycles. The zero-order chi connectivity index (χ0) is 16.9. The molecule has 24 heavy (non-hydrogen) atoms. The fraction of sp³-hybridized carbons (Fsp3) is 0.235. The van der Waals surface area contributed by atoms with Gasteiger partial charge >= 0.3 is 0 Å².